The number of nitrogens with one attached hydrogen (secondary N) is 2. The molecule has 7 heteroatoms. The van der Waals surface area contributed by atoms with Gasteiger partial charge in [0.05, 0.1) is 6.54 Å². The van der Waals surface area contributed by atoms with Crippen LogP contribution in [0.5, 0.6) is 5.75 Å². The standard InChI is InChI=1S/C25H35N3O3S/c1-16(2)18-13-17(14-19(21(18)29)24(3,4)5)22(30)28-25(9-7-6-8-10-25)23(31)27-15-20-26-11-12-32-20/h11-14,16,29H,6-10,15H2,1-5H3,(H,27,31)(H,28,30). The summed E-state index contributed by atoms with van der Waals surface area (Å²) in [6, 6.07) is 3.52. The molecule has 2 amide bonds. The molecule has 1 heterocycles. The molecule has 0 atom stereocenters. The number of benzene rings is 1. The van der Waals surface area contributed by atoms with Gasteiger partial charge in [0.1, 0.15) is 16.3 Å². The minimum atomic E-state index is -0.926. The van der Waals surface area contributed by atoms with Gasteiger partial charge >= 0.3 is 0 Å². The molecule has 3 N–H and O–H groups in total. The SMILES string of the molecule is CC(C)c1cc(C(=O)NC2(C(=O)NCc3nccs3)CCCCC2)cc(C(C)(C)C)c1O. The second-order valence-corrected chi connectivity index (χ2v) is 11.1. The second kappa shape index (κ2) is 9.61. The highest BCUT2D eigenvalue weighted by atomic mass is 32.1. The molecule has 0 radical (unpaired) electrons. The van der Waals surface area contributed by atoms with Crippen molar-refractivity contribution in [3.8, 4) is 5.75 Å². The van der Waals surface area contributed by atoms with E-state index in [4.69, 9.17) is 0 Å². The molecular formula is C25H35N3O3S. The van der Waals surface area contributed by atoms with E-state index in [1.807, 2.05) is 40.0 Å². The number of hydrogen-bond donors (Lipinski definition) is 3. The second-order valence-electron chi connectivity index (χ2n) is 10.1. The molecule has 2 aromatic rings. The van der Waals surface area contributed by atoms with Crippen LogP contribution in [0.3, 0.4) is 0 Å². The summed E-state index contributed by atoms with van der Waals surface area (Å²) in [5, 5.41) is 19.6. The number of amides is 2. The van der Waals surface area contributed by atoms with E-state index in [0.29, 0.717) is 24.9 Å². The monoisotopic (exact) mass is 457 g/mol. The molecule has 0 spiro atoms. The zero-order chi connectivity index (χ0) is 23.5. The van der Waals surface area contributed by atoms with Gasteiger partial charge in [0, 0.05) is 22.7 Å². The molecule has 1 aliphatic rings. The molecule has 1 aromatic heterocycles. The third-order valence-corrected chi connectivity index (χ3v) is 6.99. The molecule has 32 heavy (non-hydrogen) atoms. The van der Waals surface area contributed by atoms with Crippen molar-refractivity contribution in [2.45, 2.75) is 90.1 Å². The number of aromatic hydroxyl groups is 1. The number of phenolic OH excluding ortho intramolecular Hbond substituents is 1. The van der Waals surface area contributed by atoms with Gasteiger partial charge in [-0.25, -0.2) is 4.98 Å². The zero-order valence-corrected chi connectivity index (χ0v) is 20.6. The number of thiazole rings is 1. The zero-order valence-electron chi connectivity index (χ0n) is 19.7. The van der Waals surface area contributed by atoms with Crippen molar-refractivity contribution in [2.75, 3.05) is 0 Å². The third-order valence-electron chi connectivity index (χ3n) is 6.21. The Hall–Kier alpha value is -2.41. The molecule has 0 aliphatic heterocycles. The Kier molecular flexibility index (Phi) is 7.28. The number of rotatable bonds is 6. The van der Waals surface area contributed by atoms with E-state index in [-0.39, 0.29) is 28.9 Å². The maximum Gasteiger partial charge on any atom is 0.252 e. The van der Waals surface area contributed by atoms with Gasteiger partial charge < -0.3 is 15.7 Å². The van der Waals surface area contributed by atoms with Gasteiger partial charge in [-0.3, -0.25) is 9.59 Å². The molecule has 1 aromatic carbocycles. The maximum absolute atomic E-state index is 13.4. The Morgan fingerprint density at radius 2 is 1.88 bits per heavy atom. The molecule has 1 saturated carbocycles. The van der Waals surface area contributed by atoms with E-state index in [2.05, 4.69) is 15.6 Å². The number of hydrogen-bond acceptors (Lipinski definition) is 5. The van der Waals surface area contributed by atoms with Crippen LogP contribution in [0.15, 0.2) is 23.7 Å². The Morgan fingerprint density at radius 3 is 2.44 bits per heavy atom. The highest BCUT2D eigenvalue weighted by Gasteiger charge is 2.41. The summed E-state index contributed by atoms with van der Waals surface area (Å²) in [7, 11) is 0. The van der Waals surface area contributed by atoms with E-state index >= 15 is 0 Å². The first-order valence-corrected chi connectivity index (χ1v) is 12.3. The summed E-state index contributed by atoms with van der Waals surface area (Å²) < 4.78 is 0. The van der Waals surface area contributed by atoms with Crippen LogP contribution in [0.4, 0.5) is 0 Å². The smallest absolute Gasteiger partial charge is 0.252 e. The van der Waals surface area contributed by atoms with Gasteiger partial charge in [0.15, 0.2) is 0 Å². The number of phenols is 1. The van der Waals surface area contributed by atoms with Crippen molar-refractivity contribution < 1.29 is 14.7 Å². The van der Waals surface area contributed by atoms with Gasteiger partial charge in [-0.05, 0) is 41.9 Å². The summed E-state index contributed by atoms with van der Waals surface area (Å²) in [6.45, 7) is 10.4. The van der Waals surface area contributed by atoms with Crippen LogP contribution in [0.25, 0.3) is 0 Å². The highest BCUT2D eigenvalue weighted by molar-refractivity contribution is 7.09. The third kappa shape index (κ3) is 5.31. The summed E-state index contributed by atoms with van der Waals surface area (Å²) in [6.07, 6.45) is 5.79. The normalized spacial score (nSPS) is 16.1. The highest BCUT2D eigenvalue weighted by Crippen LogP contribution is 2.38. The lowest BCUT2D eigenvalue weighted by Crippen LogP contribution is -2.59. The van der Waals surface area contributed by atoms with Crippen molar-refractivity contribution in [3.05, 3.63) is 45.4 Å². The number of carbonyl (C=O) groups is 2. The predicted molar refractivity (Wildman–Crippen MR) is 128 cm³/mol. The first-order valence-electron chi connectivity index (χ1n) is 11.4. The fourth-order valence-corrected chi connectivity index (χ4v) is 4.87. The molecule has 0 unspecified atom stereocenters. The van der Waals surface area contributed by atoms with Crippen LogP contribution in [0, 0.1) is 0 Å². The van der Waals surface area contributed by atoms with Crippen LogP contribution < -0.4 is 10.6 Å². The lowest BCUT2D eigenvalue weighted by molar-refractivity contribution is -0.128. The van der Waals surface area contributed by atoms with Crippen LogP contribution in [-0.4, -0.2) is 27.4 Å². The van der Waals surface area contributed by atoms with Crippen molar-refractivity contribution in [2.24, 2.45) is 0 Å². The summed E-state index contributed by atoms with van der Waals surface area (Å²) in [4.78, 5) is 30.9. The van der Waals surface area contributed by atoms with E-state index in [1.165, 1.54) is 11.3 Å². The molecule has 3 rings (SSSR count). The summed E-state index contributed by atoms with van der Waals surface area (Å²) in [5.41, 5.74) is 0.712. The topological polar surface area (TPSA) is 91.3 Å². The fourth-order valence-electron chi connectivity index (χ4n) is 4.32. The van der Waals surface area contributed by atoms with Gasteiger partial charge in [-0.2, -0.15) is 0 Å². The van der Waals surface area contributed by atoms with Crippen molar-refractivity contribution in [3.63, 3.8) is 0 Å². The molecule has 0 saturated heterocycles. The number of nitrogens with zero attached hydrogens (tertiary/aromatic N) is 1. The van der Waals surface area contributed by atoms with E-state index < -0.39 is 5.54 Å². The molecule has 1 fully saturated rings. The number of aromatic nitrogens is 1. The van der Waals surface area contributed by atoms with Crippen LogP contribution >= 0.6 is 11.3 Å². The Bertz CT molecular complexity index is 956. The Morgan fingerprint density at radius 1 is 1.19 bits per heavy atom. The van der Waals surface area contributed by atoms with Crippen LogP contribution in [-0.2, 0) is 16.8 Å². The van der Waals surface area contributed by atoms with Gasteiger partial charge in [-0.15, -0.1) is 11.3 Å². The van der Waals surface area contributed by atoms with Crippen LogP contribution in [0.2, 0.25) is 0 Å². The fraction of sp³-hybridized carbons (Fsp3) is 0.560. The van der Waals surface area contributed by atoms with E-state index in [0.717, 1.165) is 35.4 Å². The first-order chi connectivity index (χ1) is 15.0. The average molecular weight is 458 g/mol. The number of carbonyl (C=O) groups excluding carboxylic acids is 2. The largest absolute Gasteiger partial charge is 0.507 e. The molecule has 0 bridgehead atoms. The summed E-state index contributed by atoms with van der Waals surface area (Å²) in [5.74, 6) is -0.116. The van der Waals surface area contributed by atoms with E-state index in [1.54, 1.807) is 18.3 Å². The average Bonchev–Trinajstić information content (AvgIpc) is 3.25. The molecule has 1 aliphatic carbocycles. The Labute approximate surface area is 194 Å². The van der Waals surface area contributed by atoms with Gasteiger partial charge in [0.2, 0.25) is 5.91 Å². The molecule has 174 valence electrons. The lowest BCUT2D eigenvalue weighted by Gasteiger charge is -2.36. The minimum Gasteiger partial charge on any atom is -0.507 e. The van der Waals surface area contributed by atoms with Crippen molar-refractivity contribution >= 4 is 23.2 Å². The maximum atomic E-state index is 13.4. The molecule has 6 nitrogen and oxygen atoms in total. The minimum absolute atomic E-state index is 0.0640. The Balaban J connectivity index is 1.89. The molecular weight excluding hydrogens is 422 g/mol. The van der Waals surface area contributed by atoms with Gasteiger partial charge in [0.25, 0.3) is 5.91 Å². The van der Waals surface area contributed by atoms with E-state index in [9.17, 15) is 14.7 Å². The van der Waals surface area contributed by atoms with Crippen LogP contribution in [0.1, 0.15) is 99.1 Å². The first kappa shape index (κ1) is 24.2. The van der Waals surface area contributed by atoms with Gasteiger partial charge in [-0.1, -0.05) is 53.9 Å². The predicted octanol–water partition coefficient (Wildman–Crippen LogP) is 5.02. The quantitative estimate of drug-likeness (QED) is 0.568. The van der Waals surface area contributed by atoms with Crippen molar-refractivity contribution in [1.82, 2.24) is 15.6 Å². The lowest BCUT2D eigenvalue weighted by atomic mass is 9.80. The summed E-state index contributed by atoms with van der Waals surface area (Å²) >= 11 is 1.49. The van der Waals surface area contributed by atoms with Crippen molar-refractivity contribution in [1.29, 1.82) is 0 Å².